The first-order valence-corrected chi connectivity index (χ1v) is 6.85. The Kier molecular flexibility index (Phi) is 2.89. The molecule has 16 heavy (non-hydrogen) atoms. The molecule has 0 saturated heterocycles. The minimum Gasteiger partial charge on any atom is -0.298 e. The SMILES string of the molecule is O=Cc1ccccc1S(=O)(=O)c1cccs1. The molecular formula is C11H8O3S2. The van der Waals surface area contributed by atoms with Crippen LogP contribution in [-0.2, 0) is 9.84 Å². The number of aldehydes is 1. The third kappa shape index (κ3) is 1.79. The maximum absolute atomic E-state index is 12.1. The van der Waals surface area contributed by atoms with Crippen molar-refractivity contribution in [1.29, 1.82) is 0 Å². The molecule has 1 aromatic carbocycles. The smallest absolute Gasteiger partial charge is 0.216 e. The molecule has 0 spiro atoms. The number of carbonyl (C=O) groups excluding carboxylic acids is 1. The van der Waals surface area contributed by atoms with Gasteiger partial charge in [0.2, 0.25) is 9.84 Å². The van der Waals surface area contributed by atoms with Gasteiger partial charge in [-0.05, 0) is 17.5 Å². The van der Waals surface area contributed by atoms with Crippen molar-refractivity contribution in [3.05, 3.63) is 47.3 Å². The molecule has 0 bridgehead atoms. The fraction of sp³-hybridized carbons (Fsp3) is 0. The summed E-state index contributed by atoms with van der Waals surface area (Å²) in [4.78, 5) is 10.8. The summed E-state index contributed by atoms with van der Waals surface area (Å²) in [5.74, 6) is 0. The molecule has 0 fully saturated rings. The van der Waals surface area contributed by atoms with Crippen molar-refractivity contribution < 1.29 is 13.2 Å². The topological polar surface area (TPSA) is 51.2 Å². The van der Waals surface area contributed by atoms with Crippen LogP contribution >= 0.6 is 11.3 Å². The Hall–Kier alpha value is -1.46. The summed E-state index contributed by atoms with van der Waals surface area (Å²) >= 11 is 1.14. The Morgan fingerprint density at radius 2 is 1.81 bits per heavy atom. The van der Waals surface area contributed by atoms with Crippen LogP contribution in [0.15, 0.2) is 50.9 Å². The van der Waals surface area contributed by atoms with Crippen LogP contribution in [0.25, 0.3) is 0 Å². The molecule has 0 aliphatic carbocycles. The summed E-state index contributed by atoms with van der Waals surface area (Å²) in [6, 6.07) is 9.37. The molecule has 3 nitrogen and oxygen atoms in total. The van der Waals surface area contributed by atoms with Gasteiger partial charge in [0.15, 0.2) is 6.29 Å². The maximum atomic E-state index is 12.1. The predicted octanol–water partition coefficient (Wildman–Crippen LogP) is 2.39. The lowest BCUT2D eigenvalue weighted by Crippen LogP contribution is -2.03. The fourth-order valence-corrected chi connectivity index (χ4v) is 3.90. The zero-order chi connectivity index (χ0) is 11.6. The summed E-state index contributed by atoms with van der Waals surface area (Å²) < 4.78 is 24.5. The van der Waals surface area contributed by atoms with E-state index in [2.05, 4.69) is 0 Å². The van der Waals surface area contributed by atoms with Crippen molar-refractivity contribution in [3.8, 4) is 0 Å². The zero-order valence-electron chi connectivity index (χ0n) is 8.16. The lowest BCUT2D eigenvalue weighted by Gasteiger charge is -2.03. The van der Waals surface area contributed by atoms with Gasteiger partial charge in [-0.25, -0.2) is 8.42 Å². The lowest BCUT2D eigenvalue weighted by atomic mass is 10.2. The summed E-state index contributed by atoms with van der Waals surface area (Å²) in [6.45, 7) is 0. The van der Waals surface area contributed by atoms with Crippen molar-refractivity contribution in [2.75, 3.05) is 0 Å². The highest BCUT2D eigenvalue weighted by Gasteiger charge is 2.21. The van der Waals surface area contributed by atoms with E-state index in [4.69, 9.17) is 0 Å². The molecule has 2 rings (SSSR count). The van der Waals surface area contributed by atoms with Gasteiger partial charge in [0, 0.05) is 5.56 Å². The second-order valence-corrected chi connectivity index (χ2v) is 6.18. The van der Waals surface area contributed by atoms with E-state index >= 15 is 0 Å². The van der Waals surface area contributed by atoms with Crippen molar-refractivity contribution in [3.63, 3.8) is 0 Å². The van der Waals surface area contributed by atoms with Crippen molar-refractivity contribution in [1.82, 2.24) is 0 Å². The Bertz CT molecular complexity index is 598. The van der Waals surface area contributed by atoms with Crippen LogP contribution in [0.1, 0.15) is 10.4 Å². The van der Waals surface area contributed by atoms with Gasteiger partial charge in [-0.2, -0.15) is 0 Å². The summed E-state index contributed by atoms with van der Waals surface area (Å²) in [7, 11) is -3.55. The van der Waals surface area contributed by atoms with E-state index in [-0.39, 0.29) is 14.7 Å². The molecule has 2 aromatic rings. The highest BCUT2D eigenvalue weighted by molar-refractivity contribution is 7.93. The first kappa shape index (κ1) is 11.0. The van der Waals surface area contributed by atoms with Gasteiger partial charge in [0.05, 0.1) is 4.90 Å². The van der Waals surface area contributed by atoms with E-state index in [0.29, 0.717) is 6.29 Å². The third-order valence-electron chi connectivity index (χ3n) is 2.10. The minimum atomic E-state index is -3.55. The molecule has 0 radical (unpaired) electrons. The Morgan fingerprint density at radius 3 is 2.44 bits per heavy atom. The number of sulfone groups is 1. The average Bonchev–Trinajstić information content (AvgIpc) is 2.83. The number of benzene rings is 1. The van der Waals surface area contributed by atoms with Gasteiger partial charge in [-0.3, -0.25) is 4.79 Å². The predicted molar refractivity (Wildman–Crippen MR) is 61.6 cm³/mol. The molecule has 5 heteroatoms. The van der Waals surface area contributed by atoms with Crippen LogP contribution in [0, 0.1) is 0 Å². The Balaban J connectivity index is 2.65. The van der Waals surface area contributed by atoms with E-state index < -0.39 is 9.84 Å². The van der Waals surface area contributed by atoms with Gasteiger partial charge >= 0.3 is 0 Å². The Labute approximate surface area is 97.3 Å². The Morgan fingerprint density at radius 1 is 1.06 bits per heavy atom. The van der Waals surface area contributed by atoms with Crippen LogP contribution in [-0.4, -0.2) is 14.7 Å². The van der Waals surface area contributed by atoms with Crippen molar-refractivity contribution in [2.24, 2.45) is 0 Å². The average molecular weight is 252 g/mol. The van der Waals surface area contributed by atoms with E-state index in [1.165, 1.54) is 18.2 Å². The highest BCUT2D eigenvalue weighted by atomic mass is 32.2. The fourth-order valence-electron chi connectivity index (χ4n) is 1.35. The van der Waals surface area contributed by atoms with Crippen molar-refractivity contribution >= 4 is 27.5 Å². The third-order valence-corrected chi connectivity index (χ3v) is 5.32. The normalized spacial score (nSPS) is 11.2. The molecule has 1 aromatic heterocycles. The minimum absolute atomic E-state index is 0.0625. The van der Waals surface area contributed by atoms with Gasteiger partial charge in [-0.15, -0.1) is 11.3 Å². The largest absolute Gasteiger partial charge is 0.298 e. The second kappa shape index (κ2) is 4.19. The van der Waals surface area contributed by atoms with E-state index in [0.717, 1.165) is 11.3 Å². The number of hydrogen-bond donors (Lipinski definition) is 0. The van der Waals surface area contributed by atoms with Gasteiger partial charge in [0.25, 0.3) is 0 Å². The molecule has 0 atom stereocenters. The summed E-state index contributed by atoms with van der Waals surface area (Å²) in [6.07, 6.45) is 0.556. The molecule has 0 unspecified atom stereocenters. The number of thiophene rings is 1. The summed E-state index contributed by atoms with van der Waals surface area (Å²) in [5, 5.41) is 1.69. The monoisotopic (exact) mass is 252 g/mol. The molecule has 0 N–H and O–H groups in total. The molecule has 0 saturated carbocycles. The molecular weight excluding hydrogens is 244 g/mol. The zero-order valence-corrected chi connectivity index (χ0v) is 9.79. The summed E-state index contributed by atoms with van der Waals surface area (Å²) in [5.41, 5.74) is 0.191. The number of hydrogen-bond acceptors (Lipinski definition) is 4. The van der Waals surface area contributed by atoms with Gasteiger partial charge < -0.3 is 0 Å². The van der Waals surface area contributed by atoms with Crippen molar-refractivity contribution in [2.45, 2.75) is 9.10 Å². The van der Waals surface area contributed by atoms with Gasteiger partial charge in [0.1, 0.15) is 4.21 Å². The first-order valence-electron chi connectivity index (χ1n) is 4.49. The van der Waals surface area contributed by atoms with Crippen LogP contribution in [0.5, 0.6) is 0 Å². The standard InChI is InChI=1S/C11H8O3S2/c12-8-9-4-1-2-5-10(9)16(13,14)11-6-3-7-15-11/h1-8H. The van der Waals surface area contributed by atoms with E-state index in [9.17, 15) is 13.2 Å². The number of rotatable bonds is 3. The highest BCUT2D eigenvalue weighted by Crippen LogP contribution is 2.26. The lowest BCUT2D eigenvalue weighted by molar-refractivity contribution is 0.112. The van der Waals surface area contributed by atoms with Crippen LogP contribution in [0.4, 0.5) is 0 Å². The quantitative estimate of drug-likeness (QED) is 0.788. The maximum Gasteiger partial charge on any atom is 0.216 e. The van der Waals surface area contributed by atoms with Crippen LogP contribution in [0.2, 0.25) is 0 Å². The first-order chi connectivity index (χ1) is 7.66. The molecule has 0 aliphatic rings. The molecule has 82 valence electrons. The van der Waals surface area contributed by atoms with Crippen LogP contribution in [0.3, 0.4) is 0 Å². The molecule has 0 aliphatic heterocycles. The van der Waals surface area contributed by atoms with Crippen LogP contribution < -0.4 is 0 Å². The molecule has 0 amide bonds. The van der Waals surface area contributed by atoms with Gasteiger partial charge in [-0.1, -0.05) is 24.3 Å². The second-order valence-electron chi connectivity index (χ2n) is 3.09. The van der Waals surface area contributed by atoms with E-state index in [1.54, 1.807) is 23.6 Å². The van der Waals surface area contributed by atoms with E-state index in [1.807, 2.05) is 0 Å². The molecule has 1 heterocycles. The number of carbonyl (C=O) groups is 1.